The van der Waals surface area contributed by atoms with E-state index in [0.717, 1.165) is 0 Å². The van der Waals surface area contributed by atoms with Gasteiger partial charge in [-0.05, 0) is 27.7 Å². The van der Waals surface area contributed by atoms with Crippen molar-refractivity contribution in [2.75, 3.05) is 5.73 Å². The number of amides is 2. The fourth-order valence-corrected chi connectivity index (χ4v) is 1.49. The molecular weight excluding hydrogens is 246 g/mol. The Morgan fingerprint density at radius 3 is 2.42 bits per heavy atom. The molecule has 0 radical (unpaired) electrons. The third-order valence-corrected chi connectivity index (χ3v) is 2.31. The quantitative estimate of drug-likeness (QED) is 0.719. The molecule has 0 saturated heterocycles. The standard InChI is InChI=1S/C12H21N5O2/c1-7(10(18)15-12(2,3)4)14-11(19)9-8(13)6-17(5)16-9/h6-7H,13H2,1-5H3,(H,14,19)(H,15,18). The molecule has 0 aliphatic heterocycles. The van der Waals surface area contributed by atoms with E-state index in [1.807, 2.05) is 20.8 Å². The summed E-state index contributed by atoms with van der Waals surface area (Å²) >= 11 is 0. The van der Waals surface area contributed by atoms with Crippen LogP contribution in [0.2, 0.25) is 0 Å². The van der Waals surface area contributed by atoms with Gasteiger partial charge in [0.1, 0.15) is 6.04 Å². The van der Waals surface area contributed by atoms with Crippen molar-refractivity contribution in [3.8, 4) is 0 Å². The van der Waals surface area contributed by atoms with E-state index in [0.29, 0.717) is 0 Å². The highest BCUT2D eigenvalue weighted by Crippen LogP contribution is 2.08. The molecule has 19 heavy (non-hydrogen) atoms. The van der Waals surface area contributed by atoms with Crippen LogP contribution in [0.5, 0.6) is 0 Å². The molecule has 1 unspecified atom stereocenters. The molecule has 0 saturated carbocycles. The maximum absolute atomic E-state index is 11.9. The van der Waals surface area contributed by atoms with E-state index in [2.05, 4.69) is 15.7 Å². The second-order valence-corrected chi connectivity index (χ2v) is 5.54. The molecule has 0 bridgehead atoms. The van der Waals surface area contributed by atoms with Gasteiger partial charge in [0.05, 0.1) is 5.69 Å². The molecule has 0 aliphatic carbocycles. The van der Waals surface area contributed by atoms with E-state index in [1.54, 1.807) is 14.0 Å². The summed E-state index contributed by atoms with van der Waals surface area (Å²) in [6.45, 7) is 7.22. The number of carbonyl (C=O) groups is 2. The van der Waals surface area contributed by atoms with Crippen molar-refractivity contribution in [3.05, 3.63) is 11.9 Å². The summed E-state index contributed by atoms with van der Waals surface area (Å²) < 4.78 is 1.45. The summed E-state index contributed by atoms with van der Waals surface area (Å²) in [6, 6.07) is -0.659. The summed E-state index contributed by atoms with van der Waals surface area (Å²) in [5, 5.41) is 9.30. The van der Waals surface area contributed by atoms with Gasteiger partial charge in [0.15, 0.2) is 5.69 Å². The molecule has 7 heteroatoms. The minimum absolute atomic E-state index is 0.123. The molecule has 106 valence electrons. The Kier molecular flexibility index (Phi) is 4.18. The van der Waals surface area contributed by atoms with Gasteiger partial charge in [0.25, 0.3) is 5.91 Å². The topological polar surface area (TPSA) is 102 Å². The van der Waals surface area contributed by atoms with Gasteiger partial charge in [0, 0.05) is 18.8 Å². The summed E-state index contributed by atoms with van der Waals surface area (Å²) in [5.41, 5.74) is 5.71. The Balaban J connectivity index is 2.67. The SMILES string of the molecule is CC(NC(=O)c1nn(C)cc1N)C(=O)NC(C)(C)C. The molecule has 1 atom stereocenters. The Morgan fingerprint density at radius 1 is 1.42 bits per heavy atom. The Bertz CT molecular complexity index is 487. The molecule has 7 nitrogen and oxygen atoms in total. The number of anilines is 1. The van der Waals surface area contributed by atoms with Crippen LogP contribution in [0.1, 0.15) is 38.2 Å². The molecule has 0 aliphatic rings. The maximum atomic E-state index is 11.9. The molecule has 1 heterocycles. The van der Waals surface area contributed by atoms with Crippen molar-refractivity contribution in [1.29, 1.82) is 0 Å². The van der Waals surface area contributed by atoms with Crippen molar-refractivity contribution in [2.24, 2.45) is 7.05 Å². The first-order valence-corrected chi connectivity index (χ1v) is 6.02. The van der Waals surface area contributed by atoms with E-state index in [4.69, 9.17) is 5.73 Å². The van der Waals surface area contributed by atoms with E-state index >= 15 is 0 Å². The Morgan fingerprint density at radius 2 is 2.00 bits per heavy atom. The monoisotopic (exact) mass is 267 g/mol. The van der Waals surface area contributed by atoms with Crippen LogP contribution in [0.3, 0.4) is 0 Å². The van der Waals surface area contributed by atoms with Crippen molar-refractivity contribution in [3.63, 3.8) is 0 Å². The Labute approximate surface area is 112 Å². The van der Waals surface area contributed by atoms with Crippen LogP contribution in [0.4, 0.5) is 5.69 Å². The number of nitrogens with zero attached hydrogens (tertiary/aromatic N) is 2. The normalized spacial score (nSPS) is 12.9. The molecule has 1 rings (SSSR count). The average Bonchev–Trinajstić information content (AvgIpc) is 2.55. The van der Waals surface area contributed by atoms with E-state index in [9.17, 15) is 9.59 Å². The lowest BCUT2D eigenvalue weighted by Gasteiger charge is -2.23. The van der Waals surface area contributed by atoms with Crippen LogP contribution < -0.4 is 16.4 Å². The van der Waals surface area contributed by atoms with Crippen molar-refractivity contribution in [1.82, 2.24) is 20.4 Å². The van der Waals surface area contributed by atoms with Gasteiger partial charge in [-0.15, -0.1) is 0 Å². The van der Waals surface area contributed by atoms with Crippen molar-refractivity contribution < 1.29 is 9.59 Å². The number of nitrogens with two attached hydrogens (primary N) is 1. The molecule has 1 aromatic heterocycles. The molecule has 0 aromatic carbocycles. The zero-order valence-electron chi connectivity index (χ0n) is 11.9. The van der Waals surface area contributed by atoms with Crippen LogP contribution in [-0.2, 0) is 11.8 Å². The van der Waals surface area contributed by atoms with Gasteiger partial charge in [-0.2, -0.15) is 5.10 Å². The summed E-state index contributed by atoms with van der Waals surface area (Å²) in [5.74, 6) is -0.718. The molecule has 1 aromatic rings. The maximum Gasteiger partial charge on any atom is 0.274 e. The van der Waals surface area contributed by atoms with Crippen molar-refractivity contribution >= 4 is 17.5 Å². The van der Waals surface area contributed by atoms with Crippen LogP contribution in [0.15, 0.2) is 6.20 Å². The number of nitrogen functional groups attached to an aromatic ring is 1. The minimum atomic E-state index is -0.659. The number of nitrogens with one attached hydrogen (secondary N) is 2. The fourth-order valence-electron chi connectivity index (χ4n) is 1.49. The third kappa shape index (κ3) is 4.27. The second kappa shape index (κ2) is 5.29. The highest BCUT2D eigenvalue weighted by Gasteiger charge is 2.23. The van der Waals surface area contributed by atoms with Gasteiger partial charge < -0.3 is 16.4 Å². The van der Waals surface area contributed by atoms with Gasteiger partial charge >= 0.3 is 0 Å². The zero-order valence-corrected chi connectivity index (χ0v) is 11.9. The lowest BCUT2D eigenvalue weighted by Crippen LogP contribution is -2.50. The number of aromatic nitrogens is 2. The smallest absolute Gasteiger partial charge is 0.274 e. The first-order chi connectivity index (χ1) is 8.60. The van der Waals surface area contributed by atoms with Gasteiger partial charge in [0.2, 0.25) is 5.91 Å². The van der Waals surface area contributed by atoms with Gasteiger partial charge in [-0.25, -0.2) is 0 Å². The zero-order chi connectivity index (χ0) is 14.8. The van der Waals surface area contributed by atoms with Crippen LogP contribution in [-0.4, -0.2) is 33.2 Å². The highest BCUT2D eigenvalue weighted by atomic mass is 16.2. The number of aryl methyl sites for hydroxylation is 1. The average molecular weight is 267 g/mol. The number of rotatable bonds is 3. The summed E-state index contributed by atoms with van der Waals surface area (Å²) in [4.78, 5) is 23.7. The largest absolute Gasteiger partial charge is 0.396 e. The molecule has 2 amide bonds. The van der Waals surface area contributed by atoms with Crippen molar-refractivity contribution in [2.45, 2.75) is 39.3 Å². The summed E-state index contributed by atoms with van der Waals surface area (Å²) in [7, 11) is 1.67. The predicted octanol–water partition coefficient (Wildman–Crippen LogP) is 0.0353. The minimum Gasteiger partial charge on any atom is -0.396 e. The number of carbonyl (C=O) groups excluding carboxylic acids is 2. The van der Waals surface area contributed by atoms with Crippen LogP contribution in [0.25, 0.3) is 0 Å². The van der Waals surface area contributed by atoms with E-state index < -0.39 is 11.9 Å². The predicted molar refractivity (Wildman–Crippen MR) is 72.4 cm³/mol. The van der Waals surface area contributed by atoms with Crippen LogP contribution >= 0.6 is 0 Å². The summed E-state index contributed by atoms with van der Waals surface area (Å²) in [6.07, 6.45) is 1.54. The van der Waals surface area contributed by atoms with E-state index in [1.165, 1.54) is 10.9 Å². The second-order valence-electron chi connectivity index (χ2n) is 5.54. The van der Waals surface area contributed by atoms with Crippen LogP contribution in [0, 0.1) is 0 Å². The molecule has 4 N–H and O–H groups in total. The van der Waals surface area contributed by atoms with Gasteiger partial charge in [-0.3, -0.25) is 14.3 Å². The molecule has 0 fully saturated rings. The number of hydrogen-bond acceptors (Lipinski definition) is 4. The van der Waals surface area contributed by atoms with Gasteiger partial charge in [-0.1, -0.05) is 0 Å². The lowest BCUT2D eigenvalue weighted by molar-refractivity contribution is -0.124. The first kappa shape index (κ1) is 15.0. The highest BCUT2D eigenvalue weighted by molar-refractivity contribution is 5.99. The van der Waals surface area contributed by atoms with E-state index in [-0.39, 0.29) is 22.8 Å². The Hall–Kier alpha value is -2.05. The molecular formula is C12H21N5O2. The lowest BCUT2D eigenvalue weighted by atomic mass is 10.1. The first-order valence-electron chi connectivity index (χ1n) is 6.02. The fraction of sp³-hybridized carbons (Fsp3) is 0.583. The molecule has 0 spiro atoms. The third-order valence-electron chi connectivity index (χ3n) is 2.31. The number of hydrogen-bond donors (Lipinski definition) is 3.